The molecule has 0 aliphatic carbocycles. The second-order valence-electron chi connectivity index (χ2n) is 6.05. The first-order valence-electron chi connectivity index (χ1n) is 8.91. The van der Waals surface area contributed by atoms with E-state index >= 15 is 0 Å². The molecule has 0 aliphatic heterocycles. The van der Waals surface area contributed by atoms with Crippen LogP contribution in [-0.2, 0) is 10.0 Å². The zero-order valence-electron chi connectivity index (χ0n) is 15.5. The number of para-hydroxylation sites is 1. The Morgan fingerprint density at radius 2 is 1.43 bits per heavy atom. The number of Topliss-reactive ketones (excluding diaryl/α,β-unsaturated/α-hetero) is 1. The van der Waals surface area contributed by atoms with E-state index in [9.17, 15) is 13.2 Å². The van der Waals surface area contributed by atoms with Crippen LogP contribution in [0.1, 0.15) is 17.3 Å². The van der Waals surface area contributed by atoms with Gasteiger partial charge in [-0.05, 0) is 43.3 Å². The van der Waals surface area contributed by atoms with Crippen LogP contribution in [0.2, 0.25) is 0 Å². The Bertz CT molecular complexity index is 1020. The van der Waals surface area contributed by atoms with Gasteiger partial charge in [0.15, 0.2) is 12.4 Å². The third-order valence-corrected chi connectivity index (χ3v) is 6.13. The van der Waals surface area contributed by atoms with E-state index < -0.39 is 10.0 Å². The van der Waals surface area contributed by atoms with Gasteiger partial charge in [0.1, 0.15) is 5.75 Å². The molecule has 5 nitrogen and oxygen atoms in total. The number of nitrogens with zero attached hydrogens (tertiary/aromatic N) is 1. The molecule has 3 rings (SSSR count). The van der Waals surface area contributed by atoms with Gasteiger partial charge in [0.05, 0.1) is 10.6 Å². The Kier molecular flexibility index (Phi) is 6.11. The van der Waals surface area contributed by atoms with E-state index in [0.717, 1.165) is 0 Å². The highest BCUT2D eigenvalue weighted by Gasteiger charge is 2.23. The van der Waals surface area contributed by atoms with Gasteiger partial charge in [-0.2, -0.15) is 0 Å². The number of ketones is 1. The molecule has 0 saturated carbocycles. The molecule has 0 radical (unpaired) electrons. The maximum Gasteiger partial charge on any atom is 0.264 e. The maximum atomic E-state index is 13.0. The number of benzene rings is 3. The number of ether oxygens (including phenoxy) is 1. The van der Waals surface area contributed by atoms with Crippen molar-refractivity contribution in [3.8, 4) is 5.75 Å². The standard InChI is InChI=1S/C22H21NO4S/c1-2-23(19-11-7-4-8-12-19)28(25,26)21-15-13-20(14-16-21)27-17-22(24)18-9-5-3-6-10-18/h3-16H,2,17H2,1H3. The van der Waals surface area contributed by atoms with Crippen molar-refractivity contribution < 1.29 is 17.9 Å². The van der Waals surface area contributed by atoms with Crippen LogP contribution in [0, 0.1) is 0 Å². The number of anilines is 1. The summed E-state index contributed by atoms with van der Waals surface area (Å²) in [5.41, 5.74) is 1.18. The lowest BCUT2D eigenvalue weighted by Crippen LogP contribution is -2.30. The van der Waals surface area contributed by atoms with Gasteiger partial charge in [0.2, 0.25) is 0 Å². The summed E-state index contributed by atoms with van der Waals surface area (Å²) >= 11 is 0. The van der Waals surface area contributed by atoms with Crippen molar-refractivity contribution in [1.82, 2.24) is 0 Å². The van der Waals surface area contributed by atoms with Crippen LogP contribution in [0.25, 0.3) is 0 Å². The second-order valence-corrected chi connectivity index (χ2v) is 7.92. The molecule has 0 atom stereocenters. The van der Waals surface area contributed by atoms with Gasteiger partial charge in [0.25, 0.3) is 10.0 Å². The minimum absolute atomic E-state index is 0.110. The fourth-order valence-electron chi connectivity index (χ4n) is 2.78. The molecule has 0 N–H and O–H groups in total. The number of sulfonamides is 1. The summed E-state index contributed by atoms with van der Waals surface area (Å²) in [5.74, 6) is 0.296. The fraction of sp³-hybridized carbons (Fsp3) is 0.136. The lowest BCUT2D eigenvalue weighted by atomic mass is 10.1. The zero-order chi connectivity index (χ0) is 20.0. The Labute approximate surface area is 165 Å². The van der Waals surface area contributed by atoms with Crippen molar-refractivity contribution in [1.29, 1.82) is 0 Å². The molecule has 0 spiro atoms. The van der Waals surface area contributed by atoms with Gasteiger partial charge in [-0.3, -0.25) is 9.10 Å². The molecule has 0 aromatic heterocycles. The monoisotopic (exact) mass is 395 g/mol. The Morgan fingerprint density at radius 3 is 2.00 bits per heavy atom. The van der Waals surface area contributed by atoms with Crippen LogP contribution >= 0.6 is 0 Å². The van der Waals surface area contributed by atoms with Gasteiger partial charge < -0.3 is 4.74 Å². The van der Waals surface area contributed by atoms with Crippen molar-refractivity contribution in [3.63, 3.8) is 0 Å². The van der Waals surface area contributed by atoms with Crippen LogP contribution in [0.4, 0.5) is 5.69 Å². The highest BCUT2D eigenvalue weighted by molar-refractivity contribution is 7.92. The first kappa shape index (κ1) is 19.6. The number of hydrogen-bond acceptors (Lipinski definition) is 4. The summed E-state index contributed by atoms with van der Waals surface area (Å²) in [6.45, 7) is 1.99. The summed E-state index contributed by atoms with van der Waals surface area (Å²) in [6, 6.07) is 23.9. The molecule has 0 saturated heterocycles. The van der Waals surface area contributed by atoms with Gasteiger partial charge in [-0.1, -0.05) is 48.5 Å². The van der Waals surface area contributed by atoms with E-state index in [4.69, 9.17) is 4.74 Å². The van der Waals surface area contributed by atoms with E-state index in [-0.39, 0.29) is 17.3 Å². The Balaban J connectivity index is 1.72. The lowest BCUT2D eigenvalue weighted by Gasteiger charge is -2.23. The lowest BCUT2D eigenvalue weighted by molar-refractivity contribution is 0.0921. The van der Waals surface area contributed by atoms with Gasteiger partial charge in [0, 0.05) is 12.1 Å². The molecule has 0 unspecified atom stereocenters. The highest BCUT2D eigenvalue weighted by Crippen LogP contribution is 2.24. The van der Waals surface area contributed by atoms with Crippen molar-refractivity contribution in [3.05, 3.63) is 90.5 Å². The van der Waals surface area contributed by atoms with Crippen LogP contribution in [-0.4, -0.2) is 27.4 Å². The summed E-state index contributed by atoms with van der Waals surface area (Å²) in [4.78, 5) is 12.3. The van der Waals surface area contributed by atoms with E-state index in [2.05, 4.69) is 0 Å². The average Bonchev–Trinajstić information content (AvgIpc) is 2.74. The highest BCUT2D eigenvalue weighted by atomic mass is 32.2. The van der Waals surface area contributed by atoms with Gasteiger partial charge in [-0.25, -0.2) is 8.42 Å². The molecule has 0 heterocycles. The van der Waals surface area contributed by atoms with Crippen LogP contribution in [0.15, 0.2) is 89.8 Å². The van der Waals surface area contributed by atoms with E-state index in [1.807, 2.05) is 12.1 Å². The molecule has 0 amide bonds. The number of carbonyl (C=O) groups is 1. The smallest absolute Gasteiger partial charge is 0.264 e. The third kappa shape index (κ3) is 4.40. The molecule has 28 heavy (non-hydrogen) atoms. The molecule has 0 fully saturated rings. The zero-order valence-corrected chi connectivity index (χ0v) is 16.3. The predicted molar refractivity (Wildman–Crippen MR) is 109 cm³/mol. The Hall–Kier alpha value is -3.12. The van der Waals surface area contributed by atoms with E-state index in [1.165, 1.54) is 16.4 Å². The summed E-state index contributed by atoms with van der Waals surface area (Å²) in [6.07, 6.45) is 0. The van der Waals surface area contributed by atoms with Crippen molar-refractivity contribution in [2.75, 3.05) is 17.5 Å². The Morgan fingerprint density at radius 1 is 0.857 bits per heavy atom. The molecule has 3 aromatic carbocycles. The van der Waals surface area contributed by atoms with Gasteiger partial charge in [-0.15, -0.1) is 0 Å². The molecule has 6 heteroatoms. The summed E-state index contributed by atoms with van der Waals surface area (Å²) < 4.78 is 32.8. The van der Waals surface area contributed by atoms with Gasteiger partial charge >= 0.3 is 0 Å². The van der Waals surface area contributed by atoms with E-state index in [1.54, 1.807) is 67.6 Å². The summed E-state index contributed by atoms with van der Waals surface area (Å²) in [7, 11) is -3.68. The fourth-order valence-corrected chi connectivity index (χ4v) is 4.25. The SMILES string of the molecule is CCN(c1ccccc1)S(=O)(=O)c1ccc(OCC(=O)c2ccccc2)cc1. The predicted octanol–water partition coefficient (Wildman–Crippen LogP) is 4.16. The third-order valence-electron chi connectivity index (χ3n) is 4.21. The molecule has 144 valence electrons. The van der Waals surface area contributed by atoms with Crippen molar-refractivity contribution >= 4 is 21.5 Å². The van der Waals surface area contributed by atoms with Crippen LogP contribution < -0.4 is 9.04 Å². The first-order valence-corrected chi connectivity index (χ1v) is 10.4. The molecule has 0 aliphatic rings. The average molecular weight is 395 g/mol. The minimum atomic E-state index is -3.68. The number of carbonyl (C=O) groups excluding carboxylic acids is 1. The normalized spacial score (nSPS) is 11.0. The molecular weight excluding hydrogens is 374 g/mol. The molecular formula is C22H21NO4S. The van der Waals surface area contributed by atoms with Crippen molar-refractivity contribution in [2.24, 2.45) is 0 Å². The topological polar surface area (TPSA) is 63.7 Å². The maximum absolute atomic E-state index is 13.0. The quantitative estimate of drug-likeness (QED) is 0.537. The van der Waals surface area contributed by atoms with E-state index in [0.29, 0.717) is 23.5 Å². The largest absolute Gasteiger partial charge is 0.485 e. The molecule has 3 aromatic rings. The van der Waals surface area contributed by atoms with Crippen LogP contribution in [0.3, 0.4) is 0 Å². The minimum Gasteiger partial charge on any atom is -0.485 e. The summed E-state index contributed by atoms with van der Waals surface area (Å²) in [5, 5.41) is 0. The first-order chi connectivity index (χ1) is 13.5. The number of rotatable bonds is 8. The second kappa shape index (κ2) is 8.71. The number of hydrogen-bond donors (Lipinski definition) is 0. The van der Waals surface area contributed by atoms with Crippen LogP contribution in [0.5, 0.6) is 5.75 Å². The molecule has 0 bridgehead atoms. The van der Waals surface area contributed by atoms with Crippen molar-refractivity contribution in [2.45, 2.75) is 11.8 Å².